The van der Waals surface area contributed by atoms with Gasteiger partial charge in [-0.3, -0.25) is 0 Å². The van der Waals surface area contributed by atoms with Gasteiger partial charge in [-0.15, -0.1) is 0 Å². The Labute approximate surface area is 115 Å². The lowest BCUT2D eigenvalue weighted by Crippen LogP contribution is -2.20. The standard InChI is InChI=1S/C13H26N4S/c1-12(2)10-17-13(15-11-16-17)9-14-7-5-4-6-8-18-3/h11-12,14H,4-10H2,1-3H3. The van der Waals surface area contributed by atoms with Gasteiger partial charge in [-0.05, 0) is 37.3 Å². The predicted molar refractivity (Wildman–Crippen MR) is 78.8 cm³/mol. The van der Waals surface area contributed by atoms with Gasteiger partial charge in [0.25, 0.3) is 0 Å². The van der Waals surface area contributed by atoms with E-state index in [2.05, 4.69) is 35.5 Å². The van der Waals surface area contributed by atoms with Crippen LogP contribution in [0.25, 0.3) is 0 Å². The first-order chi connectivity index (χ1) is 8.74. The molecule has 1 aromatic rings. The molecule has 1 N–H and O–H groups in total. The smallest absolute Gasteiger partial charge is 0.140 e. The van der Waals surface area contributed by atoms with Crippen LogP contribution >= 0.6 is 11.8 Å². The molecule has 0 spiro atoms. The van der Waals surface area contributed by atoms with Crippen molar-refractivity contribution in [3.8, 4) is 0 Å². The molecule has 0 saturated heterocycles. The average Bonchev–Trinajstić information content (AvgIpc) is 2.75. The van der Waals surface area contributed by atoms with Crippen molar-refractivity contribution in [3.63, 3.8) is 0 Å². The van der Waals surface area contributed by atoms with Crippen LogP contribution in [0.15, 0.2) is 6.33 Å². The Balaban J connectivity index is 2.13. The minimum absolute atomic E-state index is 0.608. The van der Waals surface area contributed by atoms with Crippen molar-refractivity contribution in [2.24, 2.45) is 5.92 Å². The minimum Gasteiger partial charge on any atom is -0.310 e. The Morgan fingerprint density at radius 2 is 2.17 bits per heavy atom. The van der Waals surface area contributed by atoms with Gasteiger partial charge in [-0.1, -0.05) is 20.3 Å². The highest BCUT2D eigenvalue weighted by Crippen LogP contribution is 2.03. The molecule has 5 heteroatoms. The molecule has 0 aliphatic carbocycles. The first-order valence-electron chi connectivity index (χ1n) is 6.80. The zero-order valence-corrected chi connectivity index (χ0v) is 12.7. The molecular formula is C13H26N4S. The van der Waals surface area contributed by atoms with Gasteiger partial charge in [0.2, 0.25) is 0 Å². The number of hydrogen-bond donors (Lipinski definition) is 1. The van der Waals surface area contributed by atoms with Crippen LogP contribution in [0.4, 0.5) is 0 Å². The Bertz CT molecular complexity index is 312. The van der Waals surface area contributed by atoms with E-state index < -0.39 is 0 Å². The molecule has 4 nitrogen and oxygen atoms in total. The van der Waals surface area contributed by atoms with Crippen molar-refractivity contribution < 1.29 is 0 Å². The SMILES string of the molecule is CSCCCCCNCc1ncnn1CC(C)C. The molecule has 0 bridgehead atoms. The van der Waals surface area contributed by atoms with E-state index in [1.54, 1.807) is 6.33 Å². The van der Waals surface area contributed by atoms with Crippen molar-refractivity contribution in [1.29, 1.82) is 0 Å². The second-order valence-corrected chi connectivity index (χ2v) is 5.97. The summed E-state index contributed by atoms with van der Waals surface area (Å²) in [5.41, 5.74) is 0. The summed E-state index contributed by atoms with van der Waals surface area (Å²) in [4.78, 5) is 4.30. The third kappa shape index (κ3) is 6.40. The molecular weight excluding hydrogens is 244 g/mol. The summed E-state index contributed by atoms with van der Waals surface area (Å²) < 4.78 is 2.01. The molecule has 0 radical (unpaired) electrons. The lowest BCUT2D eigenvalue weighted by molar-refractivity contribution is 0.456. The number of thioether (sulfide) groups is 1. The van der Waals surface area contributed by atoms with Crippen LogP contribution in [0.5, 0.6) is 0 Å². The fourth-order valence-electron chi connectivity index (χ4n) is 1.80. The van der Waals surface area contributed by atoms with E-state index in [4.69, 9.17) is 0 Å². The molecule has 1 aromatic heterocycles. The molecule has 1 rings (SSSR count). The number of unbranched alkanes of at least 4 members (excludes halogenated alkanes) is 2. The lowest BCUT2D eigenvalue weighted by Gasteiger charge is -2.09. The van der Waals surface area contributed by atoms with Crippen molar-refractivity contribution in [2.75, 3.05) is 18.6 Å². The predicted octanol–water partition coefficient (Wildman–Crippen LogP) is 2.56. The molecule has 0 atom stereocenters. The quantitative estimate of drug-likeness (QED) is 0.664. The highest BCUT2D eigenvalue weighted by Gasteiger charge is 2.05. The number of aromatic nitrogens is 3. The highest BCUT2D eigenvalue weighted by atomic mass is 32.2. The van der Waals surface area contributed by atoms with Crippen LogP contribution in [0.3, 0.4) is 0 Å². The summed E-state index contributed by atoms with van der Waals surface area (Å²) in [6.45, 7) is 7.25. The Hall–Kier alpha value is -0.550. The molecule has 0 aromatic carbocycles. The van der Waals surface area contributed by atoms with Gasteiger partial charge in [-0.25, -0.2) is 9.67 Å². The first-order valence-corrected chi connectivity index (χ1v) is 8.19. The minimum atomic E-state index is 0.608. The van der Waals surface area contributed by atoms with Crippen LogP contribution in [0.2, 0.25) is 0 Å². The molecule has 18 heavy (non-hydrogen) atoms. The van der Waals surface area contributed by atoms with Crippen LogP contribution < -0.4 is 5.32 Å². The molecule has 1 heterocycles. The Morgan fingerprint density at radius 3 is 2.89 bits per heavy atom. The molecule has 0 saturated carbocycles. The average molecular weight is 270 g/mol. The van der Waals surface area contributed by atoms with Gasteiger partial charge in [-0.2, -0.15) is 16.9 Å². The summed E-state index contributed by atoms with van der Waals surface area (Å²) in [6.07, 6.45) is 7.70. The molecule has 0 aliphatic rings. The van der Waals surface area contributed by atoms with E-state index in [0.717, 1.165) is 25.5 Å². The Kier molecular flexibility index (Phi) is 8.09. The molecule has 0 aliphatic heterocycles. The van der Waals surface area contributed by atoms with Crippen molar-refractivity contribution in [2.45, 2.75) is 46.2 Å². The van der Waals surface area contributed by atoms with Crippen molar-refractivity contribution in [3.05, 3.63) is 12.2 Å². The van der Waals surface area contributed by atoms with Crippen LogP contribution in [0, 0.1) is 5.92 Å². The zero-order chi connectivity index (χ0) is 13.2. The number of nitrogens with one attached hydrogen (secondary N) is 1. The van der Waals surface area contributed by atoms with E-state index in [0.29, 0.717) is 5.92 Å². The summed E-state index contributed by atoms with van der Waals surface area (Å²) in [7, 11) is 0. The third-order valence-electron chi connectivity index (χ3n) is 2.72. The van der Waals surface area contributed by atoms with E-state index in [-0.39, 0.29) is 0 Å². The van der Waals surface area contributed by atoms with Gasteiger partial charge < -0.3 is 5.32 Å². The van der Waals surface area contributed by atoms with Crippen molar-refractivity contribution in [1.82, 2.24) is 20.1 Å². The van der Waals surface area contributed by atoms with E-state index in [1.807, 2.05) is 16.4 Å². The van der Waals surface area contributed by atoms with Gasteiger partial charge in [0.15, 0.2) is 0 Å². The molecule has 104 valence electrons. The largest absolute Gasteiger partial charge is 0.310 e. The van der Waals surface area contributed by atoms with Crippen molar-refractivity contribution >= 4 is 11.8 Å². The second kappa shape index (κ2) is 9.39. The molecule has 0 amide bonds. The summed E-state index contributed by atoms with van der Waals surface area (Å²) >= 11 is 1.93. The maximum Gasteiger partial charge on any atom is 0.140 e. The number of rotatable bonds is 10. The first kappa shape index (κ1) is 15.5. The summed E-state index contributed by atoms with van der Waals surface area (Å²) in [6, 6.07) is 0. The second-order valence-electron chi connectivity index (χ2n) is 4.98. The fourth-order valence-corrected chi connectivity index (χ4v) is 2.29. The lowest BCUT2D eigenvalue weighted by atomic mass is 10.2. The third-order valence-corrected chi connectivity index (χ3v) is 3.42. The normalized spacial score (nSPS) is 11.3. The summed E-state index contributed by atoms with van der Waals surface area (Å²) in [5.74, 6) is 2.94. The number of nitrogens with zero attached hydrogens (tertiary/aromatic N) is 3. The highest BCUT2D eigenvalue weighted by molar-refractivity contribution is 7.98. The molecule has 0 unspecified atom stereocenters. The summed E-state index contributed by atoms with van der Waals surface area (Å²) in [5, 5.41) is 7.71. The number of hydrogen-bond acceptors (Lipinski definition) is 4. The van der Waals surface area contributed by atoms with Crippen LogP contribution in [0.1, 0.15) is 38.9 Å². The monoisotopic (exact) mass is 270 g/mol. The van der Waals surface area contributed by atoms with E-state index in [9.17, 15) is 0 Å². The van der Waals surface area contributed by atoms with Gasteiger partial charge in [0, 0.05) is 6.54 Å². The maximum atomic E-state index is 4.30. The fraction of sp³-hybridized carbons (Fsp3) is 0.846. The van der Waals surface area contributed by atoms with Gasteiger partial charge in [0.1, 0.15) is 12.2 Å². The van der Waals surface area contributed by atoms with Crippen LogP contribution in [-0.2, 0) is 13.1 Å². The topological polar surface area (TPSA) is 42.7 Å². The molecule has 0 fully saturated rings. The Morgan fingerprint density at radius 1 is 1.33 bits per heavy atom. The van der Waals surface area contributed by atoms with Crippen LogP contribution in [-0.4, -0.2) is 33.3 Å². The zero-order valence-electron chi connectivity index (χ0n) is 11.9. The van der Waals surface area contributed by atoms with Gasteiger partial charge in [0.05, 0.1) is 6.54 Å². The van der Waals surface area contributed by atoms with E-state index in [1.165, 1.54) is 25.0 Å². The van der Waals surface area contributed by atoms with E-state index >= 15 is 0 Å². The maximum absolute atomic E-state index is 4.30. The van der Waals surface area contributed by atoms with Gasteiger partial charge >= 0.3 is 0 Å².